The van der Waals surface area contributed by atoms with E-state index < -0.39 is 0 Å². The summed E-state index contributed by atoms with van der Waals surface area (Å²) in [6, 6.07) is 6.76. The van der Waals surface area contributed by atoms with Gasteiger partial charge in [0.15, 0.2) is 0 Å². The van der Waals surface area contributed by atoms with Crippen molar-refractivity contribution in [2.24, 2.45) is 0 Å². The largest absolute Gasteiger partial charge is 0.321 e. The van der Waals surface area contributed by atoms with Gasteiger partial charge in [0, 0.05) is 19.1 Å². The van der Waals surface area contributed by atoms with Gasteiger partial charge in [-0.15, -0.1) is 0 Å². The molecule has 20 heavy (non-hydrogen) atoms. The van der Waals surface area contributed by atoms with E-state index in [1.54, 1.807) is 12.1 Å². The SMILES string of the molecule is CC(C)N(C)CCN1C(=O)CNC1c1ccc(F)cc1. The van der Waals surface area contributed by atoms with Crippen molar-refractivity contribution in [1.82, 2.24) is 15.1 Å². The van der Waals surface area contributed by atoms with Crippen LogP contribution in [0.4, 0.5) is 4.39 Å². The molecule has 1 heterocycles. The normalized spacial score (nSPS) is 19.4. The molecule has 4 nitrogen and oxygen atoms in total. The van der Waals surface area contributed by atoms with Crippen molar-refractivity contribution in [2.45, 2.75) is 26.1 Å². The van der Waals surface area contributed by atoms with Crippen molar-refractivity contribution < 1.29 is 9.18 Å². The van der Waals surface area contributed by atoms with Gasteiger partial charge in [-0.2, -0.15) is 0 Å². The molecule has 0 spiro atoms. The van der Waals surface area contributed by atoms with Gasteiger partial charge in [-0.25, -0.2) is 4.39 Å². The smallest absolute Gasteiger partial charge is 0.238 e. The molecule has 1 N–H and O–H groups in total. The molecule has 1 aromatic carbocycles. The van der Waals surface area contributed by atoms with E-state index in [4.69, 9.17) is 0 Å². The van der Waals surface area contributed by atoms with Crippen LogP contribution in [0.25, 0.3) is 0 Å². The summed E-state index contributed by atoms with van der Waals surface area (Å²) in [5.41, 5.74) is 0.921. The predicted octanol–water partition coefficient (Wildman–Crippen LogP) is 1.60. The van der Waals surface area contributed by atoms with Gasteiger partial charge in [-0.05, 0) is 38.6 Å². The third-order valence-electron chi connectivity index (χ3n) is 3.84. The molecule has 0 radical (unpaired) electrons. The fourth-order valence-corrected chi connectivity index (χ4v) is 2.26. The van der Waals surface area contributed by atoms with Crippen LogP contribution < -0.4 is 5.32 Å². The predicted molar refractivity (Wildman–Crippen MR) is 76.6 cm³/mol. The Morgan fingerprint density at radius 1 is 1.40 bits per heavy atom. The fraction of sp³-hybridized carbons (Fsp3) is 0.533. The highest BCUT2D eigenvalue weighted by atomic mass is 19.1. The summed E-state index contributed by atoms with van der Waals surface area (Å²) < 4.78 is 13.0. The first-order valence-electron chi connectivity index (χ1n) is 6.97. The Hall–Kier alpha value is -1.46. The third-order valence-corrected chi connectivity index (χ3v) is 3.84. The zero-order chi connectivity index (χ0) is 14.7. The molecule has 1 aliphatic heterocycles. The minimum atomic E-state index is -0.260. The van der Waals surface area contributed by atoms with Crippen molar-refractivity contribution in [2.75, 3.05) is 26.7 Å². The minimum absolute atomic E-state index is 0.0940. The summed E-state index contributed by atoms with van der Waals surface area (Å²) in [5, 5.41) is 3.18. The maximum absolute atomic E-state index is 13.0. The quantitative estimate of drug-likeness (QED) is 0.889. The number of rotatable bonds is 5. The minimum Gasteiger partial charge on any atom is -0.321 e. The Balaban J connectivity index is 2.05. The lowest BCUT2D eigenvalue weighted by Crippen LogP contribution is -2.39. The van der Waals surface area contributed by atoms with Crippen LogP contribution in [0.5, 0.6) is 0 Å². The van der Waals surface area contributed by atoms with Crippen molar-refractivity contribution >= 4 is 5.91 Å². The molecular formula is C15H22FN3O. The van der Waals surface area contributed by atoms with Gasteiger partial charge in [-0.3, -0.25) is 10.1 Å². The number of hydrogen-bond donors (Lipinski definition) is 1. The first kappa shape index (κ1) is 14.9. The van der Waals surface area contributed by atoms with Crippen LogP contribution >= 0.6 is 0 Å². The van der Waals surface area contributed by atoms with Crippen LogP contribution in [0.1, 0.15) is 25.6 Å². The second-order valence-corrected chi connectivity index (χ2v) is 5.50. The van der Waals surface area contributed by atoms with Gasteiger partial charge in [0.2, 0.25) is 5.91 Å². The lowest BCUT2D eigenvalue weighted by atomic mass is 10.1. The Kier molecular flexibility index (Phi) is 4.73. The number of carbonyl (C=O) groups excluding carboxylic acids is 1. The Morgan fingerprint density at radius 2 is 2.05 bits per heavy atom. The highest BCUT2D eigenvalue weighted by molar-refractivity contribution is 5.80. The Morgan fingerprint density at radius 3 is 2.65 bits per heavy atom. The molecule has 1 atom stereocenters. The molecule has 1 aromatic rings. The second-order valence-electron chi connectivity index (χ2n) is 5.50. The number of nitrogens with one attached hydrogen (secondary N) is 1. The molecule has 0 bridgehead atoms. The number of benzene rings is 1. The van der Waals surface area contributed by atoms with Crippen LogP contribution in [0.3, 0.4) is 0 Å². The molecule has 1 saturated heterocycles. The molecule has 5 heteroatoms. The van der Waals surface area contributed by atoms with E-state index in [0.717, 1.165) is 12.1 Å². The van der Waals surface area contributed by atoms with E-state index in [1.165, 1.54) is 12.1 Å². The summed E-state index contributed by atoms with van der Waals surface area (Å²) in [6.45, 7) is 6.09. The highest BCUT2D eigenvalue weighted by Crippen LogP contribution is 2.22. The molecule has 0 aromatic heterocycles. The van der Waals surface area contributed by atoms with Crippen molar-refractivity contribution in [1.29, 1.82) is 0 Å². The van der Waals surface area contributed by atoms with Crippen LogP contribution in [-0.2, 0) is 4.79 Å². The van der Waals surface area contributed by atoms with Gasteiger partial charge < -0.3 is 9.80 Å². The summed E-state index contributed by atoms with van der Waals surface area (Å²) in [5.74, 6) is -0.166. The van der Waals surface area contributed by atoms with E-state index in [2.05, 4.69) is 24.1 Å². The maximum atomic E-state index is 13.0. The molecule has 110 valence electrons. The first-order chi connectivity index (χ1) is 9.49. The lowest BCUT2D eigenvalue weighted by Gasteiger charge is -2.28. The third kappa shape index (κ3) is 3.35. The van der Waals surface area contributed by atoms with Crippen LogP contribution in [-0.4, -0.2) is 48.4 Å². The number of carbonyl (C=O) groups is 1. The van der Waals surface area contributed by atoms with Crippen molar-refractivity contribution in [3.63, 3.8) is 0 Å². The standard InChI is InChI=1S/C15H22FN3O/c1-11(2)18(3)8-9-19-14(20)10-17-15(19)12-4-6-13(16)7-5-12/h4-7,11,15,17H,8-10H2,1-3H3. The first-order valence-corrected chi connectivity index (χ1v) is 6.97. The lowest BCUT2D eigenvalue weighted by molar-refractivity contribution is -0.128. The molecule has 1 unspecified atom stereocenters. The molecule has 0 saturated carbocycles. The zero-order valence-corrected chi connectivity index (χ0v) is 12.3. The number of likely N-dealkylation sites (N-methyl/N-ethyl adjacent to an activating group) is 1. The van der Waals surface area contributed by atoms with Crippen molar-refractivity contribution in [3.05, 3.63) is 35.6 Å². The number of hydrogen-bond acceptors (Lipinski definition) is 3. The van der Waals surface area contributed by atoms with E-state index in [-0.39, 0.29) is 17.9 Å². The molecule has 0 aliphatic carbocycles. The summed E-state index contributed by atoms with van der Waals surface area (Å²) in [6.07, 6.45) is -0.149. The molecule has 1 aliphatic rings. The average Bonchev–Trinajstić information content (AvgIpc) is 2.78. The van der Waals surface area contributed by atoms with Crippen LogP contribution in [0.2, 0.25) is 0 Å². The molecule has 1 fully saturated rings. The molecular weight excluding hydrogens is 257 g/mol. The number of amides is 1. The van der Waals surface area contributed by atoms with Gasteiger partial charge >= 0.3 is 0 Å². The van der Waals surface area contributed by atoms with Crippen LogP contribution in [0, 0.1) is 5.82 Å². The monoisotopic (exact) mass is 279 g/mol. The number of nitrogens with zero attached hydrogens (tertiary/aromatic N) is 2. The van der Waals surface area contributed by atoms with E-state index in [9.17, 15) is 9.18 Å². The van der Waals surface area contributed by atoms with Gasteiger partial charge in [0.05, 0.1) is 6.54 Å². The zero-order valence-electron chi connectivity index (χ0n) is 12.3. The van der Waals surface area contributed by atoms with Gasteiger partial charge in [0.25, 0.3) is 0 Å². The van der Waals surface area contributed by atoms with Gasteiger partial charge in [0.1, 0.15) is 12.0 Å². The molecule has 1 amide bonds. The van der Waals surface area contributed by atoms with Crippen molar-refractivity contribution in [3.8, 4) is 0 Å². The second kappa shape index (κ2) is 6.33. The van der Waals surface area contributed by atoms with Gasteiger partial charge in [-0.1, -0.05) is 12.1 Å². The summed E-state index contributed by atoms with van der Waals surface area (Å²) in [7, 11) is 2.05. The molecule has 2 rings (SSSR count). The van der Waals surface area contributed by atoms with E-state index in [0.29, 0.717) is 19.1 Å². The average molecular weight is 279 g/mol. The van der Waals surface area contributed by atoms with Crippen LogP contribution in [0.15, 0.2) is 24.3 Å². The fourth-order valence-electron chi connectivity index (χ4n) is 2.26. The number of halogens is 1. The Bertz CT molecular complexity index is 461. The maximum Gasteiger partial charge on any atom is 0.238 e. The summed E-state index contributed by atoms with van der Waals surface area (Å²) in [4.78, 5) is 16.0. The summed E-state index contributed by atoms with van der Waals surface area (Å²) >= 11 is 0. The highest BCUT2D eigenvalue weighted by Gasteiger charge is 2.31. The Labute approximate surface area is 119 Å². The van der Waals surface area contributed by atoms with E-state index >= 15 is 0 Å². The topological polar surface area (TPSA) is 35.6 Å². The van der Waals surface area contributed by atoms with E-state index in [1.807, 2.05) is 11.9 Å².